The molecule has 0 aliphatic carbocycles. The summed E-state index contributed by atoms with van der Waals surface area (Å²) in [5, 5.41) is 2.96. The lowest BCUT2D eigenvalue weighted by atomic mass is 9.82. The van der Waals surface area contributed by atoms with Gasteiger partial charge in [-0.05, 0) is 60.1 Å². The van der Waals surface area contributed by atoms with Gasteiger partial charge in [-0.2, -0.15) is 0 Å². The molecular formula is C25H35NO4. The van der Waals surface area contributed by atoms with E-state index >= 15 is 0 Å². The van der Waals surface area contributed by atoms with Crippen LogP contribution in [0.3, 0.4) is 0 Å². The van der Waals surface area contributed by atoms with Crippen molar-refractivity contribution >= 4 is 5.91 Å². The molecule has 1 N–H and O–H groups in total. The van der Waals surface area contributed by atoms with Crippen LogP contribution >= 0.6 is 0 Å². The molecule has 2 aromatic carbocycles. The van der Waals surface area contributed by atoms with Gasteiger partial charge in [0.05, 0.1) is 20.8 Å². The molecule has 0 bridgehead atoms. The maximum atomic E-state index is 12.0. The van der Waals surface area contributed by atoms with Gasteiger partial charge in [0.2, 0.25) is 5.91 Å². The van der Waals surface area contributed by atoms with Gasteiger partial charge >= 0.3 is 0 Å². The highest BCUT2D eigenvalue weighted by atomic mass is 16.5. The molecule has 2 aromatic rings. The zero-order chi connectivity index (χ0) is 22.0. The van der Waals surface area contributed by atoms with Crippen LogP contribution in [-0.4, -0.2) is 33.3 Å². The minimum absolute atomic E-state index is 0.0409. The Hall–Kier alpha value is -2.69. The zero-order valence-corrected chi connectivity index (χ0v) is 18.9. The fraction of sp³-hybridized carbons (Fsp3) is 0.480. The Bertz CT molecular complexity index is 799. The number of hydrogen-bond acceptors (Lipinski definition) is 4. The largest absolute Gasteiger partial charge is 0.494 e. The van der Waals surface area contributed by atoms with E-state index in [1.807, 2.05) is 30.3 Å². The van der Waals surface area contributed by atoms with Gasteiger partial charge in [0.25, 0.3) is 0 Å². The second kappa shape index (κ2) is 11.5. The van der Waals surface area contributed by atoms with Crippen molar-refractivity contribution in [3.8, 4) is 17.2 Å². The first-order chi connectivity index (χ1) is 14.4. The minimum atomic E-state index is 0.0409. The molecule has 1 amide bonds. The van der Waals surface area contributed by atoms with E-state index in [0.29, 0.717) is 37.5 Å². The van der Waals surface area contributed by atoms with Crippen molar-refractivity contribution in [3.05, 3.63) is 53.6 Å². The fourth-order valence-corrected chi connectivity index (χ4v) is 3.10. The Morgan fingerprint density at radius 1 is 1.00 bits per heavy atom. The third-order valence-electron chi connectivity index (χ3n) is 5.52. The summed E-state index contributed by atoms with van der Waals surface area (Å²) in [6.45, 7) is 7.80. The van der Waals surface area contributed by atoms with Gasteiger partial charge in [0.1, 0.15) is 5.75 Å². The monoisotopic (exact) mass is 413 g/mol. The van der Waals surface area contributed by atoms with Gasteiger partial charge in [-0.25, -0.2) is 0 Å². The molecule has 0 atom stereocenters. The van der Waals surface area contributed by atoms with Crippen LogP contribution in [0, 0.1) is 0 Å². The van der Waals surface area contributed by atoms with Crippen LogP contribution in [0.1, 0.15) is 51.2 Å². The Balaban J connectivity index is 1.66. The topological polar surface area (TPSA) is 56.8 Å². The van der Waals surface area contributed by atoms with E-state index < -0.39 is 0 Å². The summed E-state index contributed by atoms with van der Waals surface area (Å²) < 4.78 is 16.3. The first-order valence-electron chi connectivity index (χ1n) is 10.6. The number of methoxy groups -OCH3 is 2. The molecule has 0 heterocycles. The van der Waals surface area contributed by atoms with E-state index in [-0.39, 0.29) is 11.3 Å². The van der Waals surface area contributed by atoms with Crippen molar-refractivity contribution in [3.63, 3.8) is 0 Å². The van der Waals surface area contributed by atoms with Crippen LogP contribution in [-0.2, 0) is 16.6 Å². The molecular weight excluding hydrogens is 378 g/mol. The maximum Gasteiger partial charge on any atom is 0.220 e. The molecule has 0 aromatic heterocycles. The molecule has 0 saturated heterocycles. The van der Waals surface area contributed by atoms with Crippen LogP contribution in [0.5, 0.6) is 17.2 Å². The quantitative estimate of drug-likeness (QED) is 0.502. The van der Waals surface area contributed by atoms with Gasteiger partial charge in [-0.3, -0.25) is 4.79 Å². The molecule has 0 radical (unpaired) electrons. The number of rotatable bonds is 12. The average molecular weight is 414 g/mol. The van der Waals surface area contributed by atoms with E-state index in [0.717, 1.165) is 24.2 Å². The Kier molecular flexibility index (Phi) is 9.03. The molecule has 0 spiro atoms. The molecule has 0 unspecified atom stereocenters. The summed E-state index contributed by atoms with van der Waals surface area (Å²) in [4.78, 5) is 12.0. The second-order valence-electron chi connectivity index (χ2n) is 8.00. The number of hydrogen-bond donors (Lipinski definition) is 1. The number of carbonyl (C=O) groups is 1. The standard InChI is InChI=1S/C25H35NO4/c1-6-25(2,3)20-10-12-21(13-11-20)30-17-7-8-24(27)26-16-15-19-9-14-22(28-4)23(18-19)29-5/h9-14,18H,6-8,15-17H2,1-5H3,(H,26,27). The normalized spacial score (nSPS) is 11.1. The molecule has 0 fully saturated rings. The van der Waals surface area contributed by atoms with Gasteiger partial charge in [0, 0.05) is 13.0 Å². The lowest BCUT2D eigenvalue weighted by molar-refractivity contribution is -0.121. The van der Waals surface area contributed by atoms with Crippen LogP contribution in [0.25, 0.3) is 0 Å². The van der Waals surface area contributed by atoms with Gasteiger partial charge < -0.3 is 19.5 Å². The van der Waals surface area contributed by atoms with Crippen molar-refractivity contribution in [2.75, 3.05) is 27.4 Å². The van der Waals surface area contributed by atoms with Crippen LogP contribution in [0.2, 0.25) is 0 Å². The van der Waals surface area contributed by atoms with Crippen LogP contribution in [0.4, 0.5) is 0 Å². The van der Waals surface area contributed by atoms with Crippen LogP contribution < -0.4 is 19.5 Å². The van der Waals surface area contributed by atoms with E-state index in [1.165, 1.54) is 5.56 Å². The first-order valence-corrected chi connectivity index (χ1v) is 10.6. The van der Waals surface area contributed by atoms with Gasteiger partial charge in [-0.15, -0.1) is 0 Å². The van der Waals surface area contributed by atoms with Gasteiger partial charge in [0.15, 0.2) is 11.5 Å². The van der Waals surface area contributed by atoms with Crippen molar-refractivity contribution in [2.45, 2.75) is 51.9 Å². The second-order valence-corrected chi connectivity index (χ2v) is 8.00. The van der Waals surface area contributed by atoms with E-state index in [4.69, 9.17) is 14.2 Å². The summed E-state index contributed by atoms with van der Waals surface area (Å²) in [5.41, 5.74) is 2.57. The van der Waals surface area contributed by atoms with Crippen LogP contribution in [0.15, 0.2) is 42.5 Å². The highest BCUT2D eigenvalue weighted by Crippen LogP contribution is 2.28. The Morgan fingerprint density at radius 2 is 1.70 bits per heavy atom. The van der Waals surface area contributed by atoms with Crippen molar-refractivity contribution < 1.29 is 19.0 Å². The van der Waals surface area contributed by atoms with Crippen molar-refractivity contribution in [1.29, 1.82) is 0 Å². The number of amides is 1. The number of carbonyl (C=O) groups excluding carboxylic acids is 1. The number of nitrogens with one attached hydrogen (secondary N) is 1. The molecule has 0 saturated carbocycles. The first kappa shape index (κ1) is 23.6. The average Bonchev–Trinajstić information content (AvgIpc) is 2.77. The van der Waals surface area contributed by atoms with Crippen molar-refractivity contribution in [2.24, 2.45) is 0 Å². The highest BCUT2D eigenvalue weighted by Gasteiger charge is 2.17. The minimum Gasteiger partial charge on any atom is -0.494 e. The molecule has 5 nitrogen and oxygen atoms in total. The third kappa shape index (κ3) is 6.97. The Morgan fingerprint density at radius 3 is 2.33 bits per heavy atom. The predicted octanol–water partition coefficient (Wildman–Crippen LogP) is 4.91. The lowest BCUT2D eigenvalue weighted by Crippen LogP contribution is -2.25. The maximum absolute atomic E-state index is 12.0. The zero-order valence-electron chi connectivity index (χ0n) is 18.9. The fourth-order valence-electron chi connectivity index (χ4n) is 3.10. The van der Waals surface area contributed by atoms with E-state index in [1.54, 1.807) is 14.2 Å². The molecule has 0 aliphatic rings. The predicted molar refractivity (Wildman–Crippen MR) is 121 cm³/mol. The molecule has 2 rings (SSSR count). The van der Waals surface area contributed by atoms with Gasteiger partial charge in [-0.1, -0.05) is 39.0 Å². The highest BCUT2D eigenvalue weighted by molar-refractivity contribution is 5.75. The summed E-state index contributed by atoms with van der Waals surface area (Å²) in [7, 11) is 3.23. The SMILES string of the molecule is CCC(C)(C)c1ccc(OCCCC(=O)NCCc2ccc(OC)c(OC)c2)cc1. The summed E-state index contributed by atoms with van der Waals surface area (Å²) >= 11 is 0. The molecule has 0 aliphatic heterocycles. The summed E-state index contributed by atoms with van der Waals surface area (Å²) in [5.74, 6) is 2.29. The molecule has 164 valence electrons. The Labute approximate surface area is 180 Å². The summed E-state index contributed by atoms with van der Waals surface area (Å²) in [6, 6.07) is 14.1. The lowest BCUT2D eigenvalue weighted by Gasteiger charge is -2.23. The number of ether oxygens (including phenoxy) is 3. The smallest absolute Gasteiger partial charge is 0.220 e. The molecule has 30 heavy (non-hydrogen) atoms. The molecule has 5 heteroatoms. The third-order valence-corrected chi connectivity index (χ3v) is 5.52. The van der Waals surface area contributed by atoms with E-state index in [9.17, 15) is 4.79 Å². The van der Waals surface area contributed by atoms with Crippen molar-refractivity contribution in [1.82, 2.24) is 5.32 Å². The number of benzene rings is 2. The summed E-state index contributed by atoms with van der Waals surface area (Å²) in [6.07, 6.45) is 2.97. The van der Waals surface area contributed by atoms with E-state index in [2.05, 4.69) is 38.2 Å².